The predicted molar refractivity (Wildman–Crippen MR) is 265 cm³/mol. The molecule has 306 valence electrons. The Bertz CT molecular complexity index is 3860. The third-order valence-corrected chi connectivity index (χ3v) is 13.4. The van der Waals surface area contributed by atoms with Crippen LogP contribution in [-0.4, -0.2) is 15.0 Å². The molecule has 0 radical (unpaired) electrons. The lowest BCUT2D eigenvalue weighted by Gasteiger charge is -2.22. The van der Waals surface area contributed by atoms with Gasteiger partial charge >= 0.3 is 0 Å². The number of fused-ring (bicyclic) bond motifs is 9. The van der Waals surface area contributed by atoms with Crippen LogP contribution in [-0.2, 0) is 5.41 Å². The van der Waals surface area contributed by atoms with Gasteiger partial charge in [-0.05, 0) is 98.1 Å². The molecule has 0 amide bonds. The maximum absolute atomic E-state index is 6.58. The van der Waals surface area contributed by atoms with E-state index in [1.54, 1.807) is 0 Å². The van der Waals surface area contributed by atoms with Crippen LogP contribution in [0.25, 0.3) is 123 Å². The molecule has 3 heterocycles. The summed E-state index contributed by atoms with van der Waals surface area (Å²) in [6, 6.07) is 70.3. The predicted octanol–water partition coefficient (Wildman–Crippen LogP) is 16.0. The molecule has 12 aromatic rings. The summed E-state index contributed by atoms with van der Waals surface area (Å²) in [6.45, 7) is 4.67. The van der Waals surface area contributed by atoms with Gasteiger partial charge in [-0.25, -0.2) is 15.0 Å². The third kappa shape index (κ3) is 5.97. The second-order valence-electron chi connectivity index (χ2n) is 17.5. The first kappa shape index (κ1) is 37.2. The first-order valence-electron chi connectivity index (χ1n) is 22.1. The van der Waals surface area contributed by atoms with Gasteiger partial charge in [0.05, 0.1) is 5.56 Å². The Morgan fingerprint density at radius 3 is 1.72 bits per heavy atom. The van der Waals surface area contributed by atoms with Gasteiger partial charge in [0.1, 0.15) is 22.3 Å². The van der Waals surface area contributed by atoms with Crippen molar-refractivity contribution in [3.8, 4) is 78.7 Å². The van der Waals surface area contributed by atoms with E-state index in [4.69, 9.17) is 23.8 Å². The van der Waals surface area contributed by atoms with Crippen molar-refractivity contribution in [2.75, 3.05) is 0 Å². The summed E-state index contributed by atoms with van der Waals surface area (Å²) in [5, 5.41) is 4.00. The van der Waals surface area contributed by atoms with E-state index in [1.807, 2.05) is 48.5 Å². The fourth-order valence-corrected chi connectivity index (χ4v) is 10.1. The van der Waals surface area contributed by atoms with Gasteiger partial charge in [-0.3, -0.25) is 0 Å². The van der Waals surface area contributed by atoms with E-state index in [0.29, 0.717) is 17.5 Å². The third-order valence-electron chi connectivity index (χ3n) is 13.4. The minimum absolute atomic E-state index is 0.0710. The van der Waals surface area contributed by atoms with E-state index in [9.17, 15) is 0 Å². The zero-order valence-electron chi connectivity index (χ0n) is 35.7. The largest absolute Gasteiger partial charge is 0.456 e. The SMILES string of the molecule is CC1(C)c2ccccc2-c2ccc(-c3cccc(-c4ccc5oc6cccc(-c7nc(-c8ccc(-c9ccccc9)cc8)nc(-c8cccc9c8oc8ccccc89)n7)c6c5c4)c3)cc21. The van der Waals surface area contributed by atoms with Crippen LogP contribution in [0.15, 0.2) is 209 Å². The van der Waals surface area contributed by atoms with Crippen LogP contribution in [0.4, 0.5) is 0 Å². The Balaban J connectivity index is 0.949. The van der Waals surface area contributed by atoms with Gasteiger partial charge in [0.25, 0.3) is 0 Å². The first-order valence-corrected chi connectivity index (χ1v) is 22.1. The Kier molecular flexibility index (Phi) is 8.18. The van der Waals surface area contributed by atoms with Gasteiger partial charge in [-0.15, -0.1) is 0 Å². The number of para-hydroxylation sites is 2. The van der Waals surface area contributed by atoms with E-state index < -0.39 is 0 Å². The highest BCUT2D eigenvalue weighted by Gasteiger charge is 2.35. The molecule has 0 N–H and O–H groups in total. The highest BCUT2D eigenvalue weighted by atomic mass is 16.3. The molecule has 3 aromatic heterocycles. The maximum Gasteiger partial charge on any atom is 0.167 e. The van der Waals surface area contributed by atoms with Crippen LogP contribution in [0.1, 0.15) is 25.0 Å². The first-order chi connectivity index (χ1) is 31.9. The van der Waals surface area contributed by atoms with E-state index in [2.05, 4.69) is 166 Å². The Morgan fingerprint density at radius 1 is 0.323 bits per heavy atom. The van der Waals surface area contributed by atoms with E-state index >= 15 is 0 Å². The molecular weight excluding hydrogens is 795 g/mol. The summed E-state index contributed by atoms with van der Waals surface area (Å²) >= 11 is 0. The van der Waals surface area contributed by atoms with Crippen molar-refractivity contribution >= 4 is 43.9 Å². The molecule has 13 rings (SSSR count). The lowest BCUT2D eigenvalue weighted by Crippen LogP contribution is -2.14. The summed E-state index contributed by atoms with van der Waals surface area (Å²) < 4.78 is 13.1. The molecule has 0 spiro atoms. The van der Waals surface area contributed by atoms with Crippen LogP contribution in [0.5, 0.6) is 0 Å². The van der Waals surface area contributed by atoms with Crippen molar-refractivity contribution in [3.63, 3.8) is 0 Å². The molecular formula is C60H39N3O2. The number of hydrogen-bond donors (Lipinski definition) is 0. The molecule has 1 aliphatic carbocycles. The van der Waals surface area contributed by atoms with Crippen molar-refractivity contribution in [2.45, 2.75) is 19.3 Å². The van der Waals surface area contributed by atoms with E-state index in [0.717, 1.165) is 82.8 Å². The number of benzene rings is 9. The van der Waals surface area contributed by atoms with Crippen LogP contribution in [0, 0.1) is 0 Å². The van der Waals surface area contributed by atoms with Crippen molar-refractivity contribution in [1.82, 2.24) is 15.0 Å². The van der Waals surface area contributed by atoms with Crippen LogP contribution in [0.2, 0.25) is 0 Å². The van der Waals surface area contributed by atoms with Crippen LogP contribution < -0.4 is 0 Å². The van der Waals surface area contributed by atoms with Gasteiger partial charge < -0.3 is 8.83 Å². The van der Waals surface area contributed by atoms with Gasteiger partial charge in [-0.1, -0.05) is 172 Å². The van der Waals surface area contributed by atoms with Gasteiger partial charge in [0.2, 0.25) is 0 Å². The monoisotopic (exact) mass is 833 g/mol. The van der Waals surface area contributed by atoms with Crippen molar-refractivity contribution < 1.29 is 8.83 Å². The zero-order valence-corrected chi connectivity index (χ0v) is 35.7. The zero-order chi connectivity index (χ0) is 43.2. The molecule has 0 unspecified atom stereocenters. The fourth-order valence-electron chi connectivity index (χ4n) is 10.1. The van der Waals surface area contributed by atoms with E-state index in [1.165, 1.54) is 33.4 Å². The quantitative estimate of drug-likeness (QED) is 0.167. The minimum Gasteiger partial charge on any atom is -0.456 e. The molecule has 0 saturated carbocycles. The molecule has 5 nitrogen and oxygen atoms in total. The number of hydrogen-bond acceptors (Lipinski definition) is 5. The summed E-state index contributed by atoms with van der Waals surface area (Å²) in [5.41, 5.74) is 17.9. The topological polar surface area (TPSA) is 65.0 Å². The van der Waals surface area contributed by atoms with E-state index in [-0.39, 0.29) is 5.41 Å². The Labute approximate surface area is 375 Å². The molecule has 1 aliphatic rings. The molecule has 0 atom stereocenters. The number of rotatable bonds is 6. The maximum atomic E-state index is 6.58. The summed E-state index contributed by atoms with van der Waals surface area (Å²) in [7, 11) is 0. The second kappa shape index (κ2) is 14.3. The fraction of sp³-hybridized carbons (Fsp3) is 0.0500. The summed E-state index contributed by atoms with van der Waals surface area (Å²) in [6.07, 6.45) is 0. The van der Waals surface area contributed by atoms with Crippen LogP contribution in [0.3, 0.4) is 0 Å². The van der Waals surface area contributed by atoms with Gasteiger partial charge in [0.15, 0.2) is 17.5 Å². The normalized spacial score (nSPS) is 12.9. The molecule has 0 aliphatic heterocycles. The smallest absolute Gasteiger partial charge is 0.167 e. The van der Waals surface area contributed by atoms with Gasteiger partial charge in [-0.2, -0.15) is 0 Å². The lowest BCUT2D eigenvalue weighted by atomic mass is 9.81. The average molecular weight is 834 g/mol. The second-order valence-corrected chi connectivity index (χ2v) is 17.5. The van der Waals surface area contributed by atoms with Crippen LogP contribution >= 0.6 is 0 Å². The minimum atomic E-state index is -0.0710. The van der Waals surface area contributed by atoms with Gasteiger partial charge in [0, 0.05) is 38.1 Å². The number of furan rings is 2. The van der Waals surface area contributed by atoms with Crippen molar-refractivity contribution in [2.24, 2.45) is 0 Å². The summed E-state index contributed by atoms with van der Waals surface area (Å²) in [4.78, 5) is 15.7. The number of nitrogens with zero attached hydrogens (tertiary/aromatic N) is 3. The Hall–Kier alpha value is -8.41. The standard InChI is InChI=1S/C60H39N3O2/c1-60(2)50-22-8-6-17-43(50)44-31-29-42(35-51(44)60)40-16-10-15-39(33-40)41-30-32-53-49(34-41)55-47(20-12-24-54(55)64-53)58-61-57(38-27-25-37(26-28-38)36-13-4-3-5-14-36)62-59(63-58)48-21-11-19-46-45-18-7-9-23-52(45)65-56(46)48/h3-35H,1-2H3. The molecule has 65 heavy (non-hydrogen) atoms. The molecule has 0 fully saturated rings. The Morgan fingerprint density at radius 2 is 0.862 bits per heavy atom. The summed E-state index contributed by atoms with van der Waals surface area (Å²) in [5.74, 6) is 1.65. The molecule has 0 saturated heterocycles. The highest BCUT2D eigenvalue weighted by molar-refractivity contribution is 6.13. The molecule has 9 aromatic carbocycles. The van der Waals surface area contributed by atoms with Crippen molar-refractivity contribution in [3.05, 3.63) is 211 Å². The molecule has 0 bridgehead atoms. The average Bonchev–Trinajstić information content (AvgIpc) is 4.01. The molecule has 5 heteroatoms. The number of aromatic nitrogens is 3. The lowest BCUT2D eigenvalue weighted by molar-refractivity contribution is 0.660. The highest BCUT2D eigenvalue weighted by Crippen LogP contribution is 2.50. The van der Waals surface area contributed by atoms with Crippen molar-refractivity contribution in [1.29, 1.82) is 0 Å².